The van der Waals surface area contributed by atoms with Crippen LogP contribution in [-0.4, -0.2) is 18.6 Å². The van der Waals surface area contributed by atoms with Crippen LogP contribution in [-0.2, 0) is 0 Å². The minimum absolute atomic E-state index is 0.412. The van der Waals surface area contributed by atoms with E-state index in [9.17, 15) is 0 Å². The second kappa shape index (κ2) is 1.80. The van der Waals surface area contributed by atoms with Gasteiger partial charge in [0.2, 0.25) is 0 Å². The highest BCUT2D eigenvalue weighted by Gasteiger charge is 2.15. The van der Waals surface area contributed by atoms with Gasteiger partial charge in [-0.3, -0.25) is 0 Å². The molecule has 0 aromatic heterocycles. The largest absolute Gasteiger partial charge is 0.326 e. The van der Waals surface area contributed by atoms with E-state index in [1.807, 2.05) is 0 Å². The van der Waals surface area contributed by atoms with E-state index in [0.717, 1.165) is 13.0 Å². The average Bonchev–Trinajstić information content (AvgIpc) is 1.87. The fraction of sp³-hybridized carbons (Fsp3) is 1.00. The molecular formula is C5H12N2. The van der Waals surface area contributed by atoms with Crippen molar-refractivity contribution in [1.82, 2.24) is 5.32 Å². The van der Waals surface area contributed by atoms with Gasteiger partial charge in [0.25, 0.3) is 0 Å². The summed E-state index contributed by atoms with van der Waals surface area (Å²) < 4.78 is 0. The molecule has 2 nitrogen and oxygen atoms in total. The number of hydrogen-bond acceptors (Lipinski definition) is 2. The molecule has 0 radical (unpaired) electrons. The van der Waals surface area contributed by atoms with E-state index in [2.05, 4.69) is 12.2 Å². The normalized spacial score (nSPS) is 42.0. The third kappa shape index (κ3) is 1.14. The lowest BCUT2D eigenvalue weighted by Crippen LogP contribution is -2.22. The zero-order valence-corrected chi connectivity index (χ0v) is 4.65. The number of nitrogens with two attached hydrogens (primary N) is 1. The molecule has 0 aliphatic carbocycles. The van der Waals surface area contributed by atoms with Crippen molar-refractivity contribution in [2.45, 2.75) is 25.4 Å². The molecule has 0 bridgehead atoms. The Kier molecular flexibility index (Phi) is 1.30. The molecule has 0 saturated carbocycles. The van der Waals surface area contributed by atoms with Gasteiger partial charge in [-0.1, -0.05) is 0 Å². The van der Waals surface area contributed by atoms with Gasteiger partial charge in [0.15, 0.2) is 0 Å². The number of nitrogens with one attached hydrogen (secondary N) is 1. The average molecular weight is 100 g/mol. The van der Waals surface area contributed by atoms with Crippen LogP contribution in [0.3, 0.4) is 0 Å². The fourth-order valence-electron chi connectivity index (χ4n) is 0.973. The van der Waals surface area contributed by atoms with Gasteiger partial charge in [0.1, 0.15) is 0 Å². The molecule has 42 valence electrons. The minimum atomic E-state index is 0.412. The SMILES string of the molecule is C[C@@H]1C[C@H](N)CN1. The summed E-state index contributed by atoms with van der Waals surface area (Å²) in [6.07, 6.45) is 1.14. The van der Waals surface area contributed by atoms with E-state index in [0.29, 0.717) is 12.1 Å². The Balaban J connectivity index is 2.26. The first-order valence-electron chi connectivity index (χ1n) is 2.78. The Morgan fingerprint density at radius 2 is 2.43 bits per heavy atom. The molecule has 1 aliphatic rings. The second-order valence-corrected chi connectivity index (χ2v) is 2.31. The number of hydrogen-bond donors (Lipinski definition) is 2. The lowest BCUT2D eigenvalue weighted by Gasteiger charge is -1.96. The highest BCUT2D eigenvalue weighted by atomic mass is 15.0. The van der Waals surface area contributed by atoms with Crippen LogP contribution in [0.4, 0.5) is 0 Å². The third-order valence-corrected chi connectivity index (χ3v) is 1.38. The van der Waals surface area contributed by atoms with Crippen LogP contribution < -0.4 is 11.1 Å². The molecule has 1 aliphatic heterocycles. The zero-order valence-electron chi connectivity index (χ0n) is 4.65. The summed E-state index contributed by atoms with van der Waals surface area (Å²) in [4.78, 5) is 0. The first-order valence-corrected chi connectivity index (χ1v) is 2.78. The highest BCUT2D eigenvalue weighted by molar-refractivity contribution is 4.79. The van der Waals surface area contributed by atoms with Gasteiger partial charge < -0.3 is 11.1 Å². The predicted molar refractivity (Wildman–Crippen MR) is 30.1 cm³/mol. The molecule has 7 heavy (non-hydrogen) atoms. The zero-order chi connectivity index (χ0) is 5.28. The summed E-state index contributed by atoms with van der Waals surface area (Å²) in [7, 11) is 0. The second-order valence-electron chi connectivity index (χ2n) is 2.31. The van der Waals surface area contributed by atoms with E-state index in [4.69, 9.17) is 5.73 Å². The van der Waals surface area contributed by atoms with Crippen molar-refractivity contribution in [3.63, 3.8) is 0 Å². The van der Waals surface area contributed by atoms with Gasteiger partial charge in [-0.15, -0.1) is 0 Å². The molecule has 2 heteroatoms. The van der Waals surface area contributed by atoms with E-state index >= 15 is 0 Å². The van der Waals surface area contributed by atoms with Gasteiger partial charge in [-0.05, 0) is 13.3 Å². The molecular weight excluding hydrogens is 88.1 g/mol. The minimum Gasteiger partial charge on any atom is -0.326 e. The Labute approximate surface area is 44.1 Å². The van der Waals surface area contributed by atoms with Crippen molar-refractivity contribution in [2.75, 3.05) is 6.54 Å². The molecule has 0 spiro atoms. The van der Waals surface area contributed by atoms with Crippen molar-refractivity contribution in [3.8, 4) is 0 Å². The Hall–Kier alpha value is -0.0800. The van der Waals surface area contributed by atoms with Crippen molar-refractivity contribution in [2.24, 2.45) is 5.73 Å². The first kappa shape index (κ1) is 5.06. The van der Waals surface area contributed by atoms with Gasteiger partial charge in [0, 0.05) is 18.6 Å². The van der Waals surface area contributed by atoms with Crippen LogP contribution in [0.1, 0.15) is 13.3 Å². The molecule has 0 aromatic rings. The van der Waals surface area contributed by atoms with Gasteiger partial charge in [0.05, 0.1) is 0 Å². The number of rotatable bonds is 0. The van der Waals surface area contributed by atoms with E-state index in [1.54, 1.807) is 0 Å². The van der Waals surface area contributed by atoms with Crippen molar-refractivity contribution in [3.05, 3.63) is 0 Å². The van der Waals surface area contributed by atoms with Crippen LogP contribution in [0.2, 0.25) is 0 Å². The molecule has 1 fully saturated rings. The highest BCUT2D eigenvalue weighted by Crippen LogP contribution is 2.01. The maximum atomic E-state index is 5.56. The third-order valence-electron chi connectivity index (χ3n) is 1.38. The summed E-state index contributed by atoms with van der Waals surface area (Å²) >= 11 is 0. The molecule has 1 saturated heterocycles. The van der Waals surface area contributed by atoms with Crippen molar-refractivity contribution in [1.29, 1.82) is 0 Å². The maximum absolute atomic E-state index is 5.56. The molecule has 3 N–H and O–H groups in total. The lowest BCUT2D eigenvalue weighted by molar-refractivity contribution is 0.657. The van der Waals surface area contributed by atoms with Gasteiger partial charge >= 0.3 is 0 Å². The quantitative estimate of drug-likeness (QED) is 0.438. The summed E-state index contributed by atoms with van der Waals surface area (Å²) in [6, 6.07) is 1.06. The topological polar surface area (TPSA) is 38.0 Å². The van der Waals surface area contributed by atoms with Crippen molar-refractivity contribution < 1.29 is 0 Å². The van der Waals surface area contributed by atoms with Crippen LogP contribution in [0.25, 0.3) is 0 Å². The molecule has 0 amide bonds. The summed E-state index contributed by atoms with van der Waals surface area (Å²) in [5.41, 5.74) is 5.56. The smallest absolute Gasteiger partial charge is 0.0180 e. The van der Waals surface area contributed by atoms with Crippen LogP contribution in [0, 0.1) is 0 Å². The predicted octanol–water partition coefficient (Wildman–Crippen LogP) is -0.305. The summed E-state index contributed by atoms with van der Waals surface area (Å²) in [6.45, 7) is 3.16. The maximum Gasteiger partial charge on any atom is 0.0180 e. The molecule has 2 atom stereocenters. The summed E-state index contributed by atoms with van der Waals surface area (Å²) in [5, 5.41) is 3.24. The Morgan fingerprint density at radius 3 is 2.57 bits per heavy atom. The Morgan fingerprint density at radius 1 is 1.71 bits per heavy atom. The molecule has 1 rings (SSSR count). The Bertz CT molecular complexity index is 55.1. The molecule has 1 heterocycles. The summed E-state index contributed by atoms with van der Waals surface area (Å²) in [5.74, 6) is 0. The molecule has 0 aromatic carbocycles. The fourth-order valence-corrected chi connectivity index (χ4v) is 0.973. The lowest BCUT2D eigenvalue weighted by atomic mass is 10.2. The monoisotopic (exact) mass is 100 g/mol. The van der Waals surface area contributed by atoms with Gasteiger partial charge in [-0.25, -0.2) is 0 Å². The van der Waals surface area contributed by atoms with E-state index in [1.165, 1.54) is 0 Å². The molecule has 0 unspecified atom stereocenters. The van der Waals surface area contributed by atoms with Crippen LogP contribution in [0.5, 0.6) is 0 Å². The first-order chi connectivity index (χ1) is 3.29. The van der Waals surface area contributed by atoms with E-state index in [-0.39, 0.29) is 0 Å². The van der Waals surface area contributed by atoms with Gasteiger partial charge in [-0.2, -0.15) is 0 Å². The van der Waals surface area contributed by atoms with Crippen LogP contribution >= 0.6 is 0 Å². The standard InChI is InChI=1S/C5H12N2/c1-4-2-5(6)3-7-4/h4-5,7H,2-3,6H2,1H3/t4-,5+/m1/s1. The van der Waals surface area contributed by atoms with Crippen molar-refractivity contribution >= 4 is 0 Å². The van der Waals surface area contributed by atoms with Crippen LogP contribution in [0.15, 0.2) is 0 Å². The van der Waals surface area contributed by atoms with E-state index < -0.39 is 0 Å².